The first-order chi connectivity index (χ1) is 8.03. The lowest BCUT2D eigenvalue weighted by Crippen LogP contribution is -2.18. The van der Waals surface area contributed by atoms with Crippen molar-refractivity contribution >= 4 is 26.0 Å². The molecule has 5 heteroatoms. The van der Waals surface area contributed by atoms with Crippen molar-refractivity contribution in [2.75, 3.05) is 7.05 Å². The highest BCUT2D eigenvalue weighted by Crippen LogP contribution is 2.38. The molecular formula is C12H16BrNO2S. The molecule has 1 saturated carbocycles. The summed E-state index contributed by atoms with van der Waals surface area (Å²) in [4.78, 5) is 0.843. The van der Waals surface area contributed by atoms with Gasteiger partial charge in [-0.15, -0.1) is 0 Å². The van der Waals surface area contributed by atoms with Crippen LogP contribution in [0.2, 0.25) is 0 Å². The third-order valence-corrected chi connectivity index (χ3v) is 5.57. The van der Waals surface area contributed by atoms with Crippen LogP contribution in [0.3, 0.4) is 0 Å². The summed E-state index contributed by atoms with van der Waals surface area (Å²) in [7, 11) is -1.89. The molecule has 0 radical (unpaired) electrons. The standard InChI is InChI=1S/C12H16BrNO2S/c1-14-17(15,16)11-6-2-9(3-7-11)8-12(13)10-4-5-10/h2-3,6-7,10,12,14H,4-5,8H2,1H3. The molecule has 1 aromatic carbocycles. The maximum absolute atomic E-state index is 11.5. The summed E-state index contributed by atoms with van der Waals surface area (Å²) in [6.07, 6.45) is 3.58. The number of nitrogens with one attached hydrogen (secondary N) is 1. The molecule has 0 heterocycles. The maximum Gasteiger partial charge on any atom is 0.240 e. The van der Waals surface area contributed by atoms with Gasteiger partial charge in [-0.3, -0.25) is 0 Å². The van der Waals surface area contributed by atoms with Gasteiger partial charge < -0.3 is 0 Å². The van der Waals surface area contributed by atoms with Crippen LogP contribution in [-0.2, 0) is 16.4 Å². The van der Waals surface area contributed by atoms with Gasteiger partial charge in [0.25, 0.3) is 0 Å². The van der Waals surface area contributed by atoms with Gasteiger partial charge in [0, 0.05) is 4.83 Å². The first-order valence-electron chi connectivity index (χ1n) is 5.69. The molecule has 2 rings (SSSR count). The molecule has 1 aromatic rings. The van der Waals surface area contributed by atoms with E-state index in [4.69, 9.17) is 0 Å². The summed E-state index contributed by atoms with van der Waals surface area (Å²) in [5, 5.41) is 0. The quantitative estimate of drug-likeness (QED) is 0.847. The third-order valence-electron chi connectivity index (χ3n) is 3.07. The van der Waals surface area contributed by atoms with Gasteiger partial charge in [-0.25, -0.2) is 13.1 Å². The summed E-state index contributed by atoms with van der Waals surface area (Å²) in [5.41, 5.74) is 1.17. The Hall–Kier alpha value is -0.390. The van der Waals surface area contributed by atoms with E-state index in [0.717, 1.165) is 12.3 Å². The molecular weight excluding hydrogens is 302 g/mol. The first-order valence-corrected chi connectivity index (χ1v) is 8.09. The Balaban J connectivity index is 2.07. The number of benzene rings is 1. The van der Waals surface area contributed by atoms with E-state index in [1.165, 1.54) is 25.5 Å². The van der Waals surface area contributed by atoms with Crippen LogP contribution in [-0.4, -0.2) is 20.3 Å². The minimum atomic E-state index is -3.31. The topological polar surface area (TPSA) is 46.2 Å². The van der Waals surface area contributed by atoms with Crippen molar-refractivity contribution in [2.24, 2.45) is 5.92 Å². The largest absolute Gasteiger partial charge is 0.240 e. The highest BCUT2D eigenvalue weighted by molar-refractivity contribution is 9.09. The minimum Gasteiger partial charge on any atom is -0.214 e. The second-order valence-electron chi connectivity index (χ2n) is 4.41. The third kappa shape index (κ3) is 3.30. The zero-order chi connectivity index (χ0) is 12.5. The number of rotatable bonds is 5. The molecule has 94 valence electrons. The Morgan fingerprint density at radius 2 is 1.94 bits per heavy atom. The van der Waals surface area contributed by atoms with Crippen molar-refractivity contribution in [1.82, 2.24) is 4.72 Å². The van der Waals surface area contributed by atoms with Crippen LogP contribution in [0.25, 0.3) is 0 Å². The molecule has 0 saturated heterocycles. The van der Waals surface area contributed by atoms with E-state index >= 15 is 0 Å². The van der Waals surface area contributed by atoms with E-state index in [0.29, 0.717) is 9.72 Å². The number of alkyl halides is 1. The Labute approximate surface area is 111 Å². The summed E-state index contributed by atoms with van der Waals surface area (Å²) in [6, 6.07) is 7.10. The lowest BCUT2D eigenvalue weighted by Gasteiger charge is -2.09. The van der Waals surface area contributed by atoms with Gasteiger partial charge in [0.2, 0.25) is 10.0 Å². The van der Waals surface area contributed by atoms with Crippen molar-refractivity contribution in [3.8, 4) is 0 Å². The molecule has 0 amide bonds. The van der Waals surface area contributed by atoms with E-state index in [1.807, 2.05) is 12.1 Å². The van der Waals surface area contributed by atoms with Crippen LogP contribution in [0.15, 0.2) is 29.2 Å². The monoisotopic (exact) mass is 317 g/mol. The lowest BCUT2D eigenvalue weighted by molar-refractivity contribution is 0.588. The van der Waals surface area contributed by atoms with E-state index in [2.05, 4.69) is 20.7 Å². The molecule has 0 aliphatic heterocycles. The average molecular weight is 318 g/mol. The molecule has 1 aliphatic carbocycles. The fourth-order valence-corrected chi connectivity index (χ4v) is 3.40. The normalized spacial score (nSPS) is 18.0. The Kier molecular flexibility index (Phi) is 3.90. The van der Waals surface area contributed by atoms with Crippen LogP contribution in [0.1, 0.15) is 18.4 Å². The first kappa shape index (κ1) is 13.1. The predicted octanol–water partition coefficient (Wildman–Crippen LogP) is 2.31. The summed E-state index contributed by atoms with van der Waals surface area (Å²) < 4.78 is 25.4. The summed E-state index contributed by atoms with van der Waals surface area (Å²) in [6.45, 7) is 0. The fraction of sp³-hybridized carbons (Fsp3) is 0.500. The molecule has 1 aliphatic rings. The lowest BCUT2D eigenvalue weighted by atomic mass is 10.1. The van der Waals surface area contributed by atoms with Crippen molar-refractivity contribution in [2.45, 2.75) is 29.0 Å². The Morgan fingerprint density at radius 1 is 1.35 bits per heavy atom. The maximum atomic E-state index is 11.5. The van der Waals surface area contributed by atoms with Gasteiger partial charge in [-0.05, 0) is 49.9 Å². The Morgan fingerprint density at radius 3 is 2.41 bits per heavy atom. The van der Waals surface area contributed by atoms with Crippen LogP contribution in [0, 0.1) is 5.92 Å². The average Bonchev–Trinajstić information content (AvgIpc) is 3.13. The summed E-state index contributed by atoms with van der Waals surface area (Å²) in [5.74, 6) is 0.802. The van der Waals surface area contributed by atoms with Gasteiger partial charge in [0.1, 0.15) is 0 Å². The molecule has 0 aromatic heterocycles. The molecule has 17 heavy (non-hydrogen) atoms. The number of hydrogen-bond donors (Lipinski definition) is 1. The van der Waals surface area contributed by atoms with Crippen LogP contribution in [0.5, 0.6) is 0 Å². The van der Waals surface area contributed by atoms with Crippen molar-refractivity contribution in [3.63, 3.8) is 0 Å². The van der Waals surface area contributed by atoms with Gasteiger partial charge >= 0.3 is 0 Å². The molecule has 1 N–H and O–H groups in total. The highest BCUT2D eigenvalue weighted by atomic mass is 79.9. The molecule has 1 unspecified atom stereocenters. The highest BCUT2D eigenvalue weighted by Gasteiger charge is 2.29. The number of sulfonamides is 1. The van der Waals surface area contributed by atoms with Crippen molar-refractivity contribution in [1.29, 1.82) is 0 Å². The van der Waals surface area contributed by atoms with Crippen LogP contribution < -0.4 is 4.72 Å². The van der Waals surface area contributed by atoms with E-state index in [-0.39, 0.29) is 0 Å². The second-order valence-corrected chi connectivity index (χ2v) is 7.47. The van der Waals surface area contributed by atoms with Gasteiger partial charge in [0.15, 0.2) is 0 Å². The van der Waals surface area contributed by atoms with E-state index in [9.17, 15) is 8.42 Å². The van der Waals surface area contributed by atoms with Crippen molar-refractivity contribution in [3.05, 3.63) is 29.8 Å². The second kappa shape index (κ2) is 5.08. The van der Waals surface area contributed by atoms with Gasteiger partial charge in [0.05, 0.1) is 4.90 Å². The van der Waals surface area contributed by atoms with E-state index in [1.54, 1.807) is 12.1 Å². The minimum absolute atomic E-state index is 0.321. The number of hydrogen-bond acceptors (Lipinski definition) is 2. The number of halogens is 1. The molecule has 0 bridgehead atoms. The van der Waals surface area contributed by atoms with Crippen LogP contribution in [0.4, 0.5) is 0 Å². The Bertz CT molecular complexity index is 480. The van der Waals surface area contributed by atoms with E-state index < -0.39 is 10.0 Å². The molecule has 3 nitrogen and oxygen atoms in total. The smallest absolute Gasteiger partial charge is 0.214 e. The SMILES string of the molecule is CNS(=O)(=O)c1ccc(CC(Br)C2CC2)cc1. The van der Waals surface area contributed by atoms with Gasteiger partial charge in [-0.1, -0.05) is 28.1 Å². The molecule has 1 fully saturated rings. The van der Waals surface area contributed by atoms with Crippen molar-refractivity contribution < 1.29 is 8.42 Å². The van der Waals surface area contributed by atoms with Gasteiger partial charge in [-0.2, -0.15) is 0 Å². The molecule has 0 spiro atoms. The summed E-state index contributed by atoms with van der Waals surface area (Å²) >= 11 is 3.68. The molecule has 1 atom stereocenters. The fourth-order valence-electron chi connectivity index (χ4n) is 1.77. The zero-order valence-electron chi connectivity index (χ0n) is 9.69. The van der Waals surface area contributed by atoms with Crippen LogP contribution >= 0.6 is 15.9 Å². The predicted molar refractivity (Wildman–Crippen MR) is 71.8 cm³/mol. The zero-order valence-corrected chi connectivity index (χ0v) is 12.1.